The Morgan fingerprint density at radius 3 is 2.83 bits per heavy atom. The molecule has 0 bridgehead atoms. The predicted octanol–water partition coefficient (Wildman–Crippen LogP) is 2.71. The van der Waals surface area contributed by atoms with Gasteiger partial charge in [0.1, 0.15) is 18.0 Å². The first kappa shape index (κ1) is 17.0. The molecule has 0 fully saturated rings. The van der Waals surface area contributed by atoms with Crippen LogP contribution in [-0.2, 0) is 25.1 Å². The number of hydrogen-bond donors (Lipinski definition) is 1. The molecule has 3 rings (SSSR count). The van der Waals surface area contributed by atoms with Crippen molar-refractivity contribution in [1.29, 1.82) is 0 Å². The minimum absolute atomic E-state index is 0.244. The molecular formula is C17H20F3N3O. The summed E-state index contributed by atoms with van der Waals surface area (Å²) in [4.78, 5) is 5.84. The van der Waals surface area contributed by atoms with Crippen molar-refractivity contribution in [3.8, 4) is 0 Å². The number of halogens is 3. The van der Waals surface area contributed by atoms with E-state index >= 15 is 0 Å². The van der Waals surface area contributed by atoms with Crippen molar-refractivity contribution in [3.05, 3.63) is 53.6 Å². The van der Waals surface area contributed by atoms with Gasteiger partial charge in [0.2, 0.25) is 0 Å². The van der Waals surface area contributed by atoms with Crippen LogP contribution >= 0.6 is 0 Å². The maximum Gasteiger partial charge on any atom is 0.406 e. The third-order valence-electron chi connectivity index (χ3n) is 4.42. The maximum absolute atomic E-state index is 12.6. The molecule has 0 radical (unpaired) electrons. The molecule has 1 aliphatic rings. The molecule has 0 spiro atoms. The minimum Gasteiger partial charge on any atom is -0.384 e. The lowest BCUT2D eigenvalue weighted by Crippen LogP contribution is -2.37. The highest BCUT2D eigenvalue weighted by Crippen LogP contribution is 2.37. The summed E-state index contributed by atoms with van der Waals surface area (Å²) in [6.45, 7) is -0.459. The summed E-state index contributed by atoms with van der Waals surface area (Å²) in [5.41, 5.74) is 1.08. The van der Waals surface area contributed by atoms with E-state index < -0.39 is 18.3 Å². The lowest BCUT2D eigenvalue weighted by molar-refractivity contribution is -0.141. The zero-order valence-electron chi connectivity index (χ0n) is 13.4. The van der Waals surface area contributed by atoms with Gasteiger partial charge in [-0.25, -0.2) is 4.98 Å². The van der Waals surface area contributed by atoms with E-state index in [1.807, 2.05) is 29.2 Å². The van der Waals surface area contributed by atoms with Crippen molar-refractivity contribution in [2.45, 2.75) is 37.7 Å². The fraction of sp³-hybridized carbons (Fsp3) is 0.471. The topological polar surface area (TPSA) is 41.3 Å². The number of hydrogen-bond acceptors (Lipinski definition) is 3. The van der Waals surface area contributed by atoms with E-state index in [4.69, 9.17) is 0 Å². The predicted molar refractivity (Wildman–Crippen MR) is 83.3 cm³/mol. The van der Waals surface area contributed by atoms with Gasteiger partial charge in [-0.15, -0.1) is 0 Å². The van der Waals surface area contributed by atoms with Crippen molar-refractivity contribution >= 4 is 0 Å². The molecule has 0 aliphatic heterocycles. The van der Waals surface area contributed by atoms with Crippen LogP contribution in [-0.4, -0.2) is 39.3 Å². The highest BCUT2D eigenvalue weighted by atomic mass is 19.4. The zero-order chi connectivity index (χ0) is 17.4. The molecule has 0 saturated heterocycles. The van der Waals surface area contributed by atoms with E-state index in [1.54, 1.807) is 7.05 Å². The van der Waals surface area contributed by atoms with Gasteiger partial charge in [0.05, 0.1) is 6.54 Å². The van der Waals surface area contributed by atoms with Gasteiger partial charge in [0.25, 0.3) is 0 Å². The van der Waals surface area contributed by atoms with Gasteiger partial charge in [0.15, 0.2) is 0 Å². The van der Waals surface area contributed by atoms with E-state index in [9.17, 15) is 18.3 Å². The number of aryl methyl sites for hydroxylation is 1. The Morgan fingerprint density at radius 2 is 2.08 bits per heavy atom. The van der Waals surface area contributed by atoms with Crippen molar-refractivity contribution < 1.29 is 18.3 Å². The number of rotatable bonds is 5. The summed E-state index contributed by atoms with van der Waals surface area (Å²) < 4.78 is 38.9. The van der Waals surface area contributed by atoms with Crippen molar-refractivity contribution in [1.82, 2.24) is 14.5 Å². The fourth-order valence-corrected chi connectivity index (χ4v) is 3.41. The Balaban J connectivity index is 1.69. The first-order valence-corrected chi connectivity index (χ1v) is 7.83. The summed E-state index contributed by atoms with van der Waals surface area (Å²) in [5.74, 6) is 0.338. The molecule has 0 amide bonds. The molecular weight excluding hydrogens is 319 g/mol. The molecule has 7 heteroatoms. The Hall–Kier alpha value is -1.86. The Morgan fingerprint density at radius 1 is 1.33 bits per heavy atom. The van der Waals surface area contributed by atoms with Crippen molar-refractivity contribution in [2.24, 2.45) is 0 Å². The minimum atomic E-state index is -4.28. The van der Waals surface area contributed by atoms with Crippen LogP contribution in [0, 0.1) is 0 Å². The average Bonchev–Trinajstić information content (AvgIpc) is 3.03. The van der Waals surface area contributed by atoms with E-state index in [1.165, 1.54) is 12.4 Å². The van der Waals surface area contributed by atoms with Crippen molar-refractivity contribution in [2.75, 3.05) is 13.6 Å². The molecule has 1 atom stereocenters. The summed E-state index contributed by atoms with van der Waals surface area (Å²) in [5, 5.41) is 10.9. The lowest BCUT2D eigenvalue weighted by atomic mass is 9.95. The van der Waals surface area contributed by atoms with Crippen LogP contribution in [0.1, 0.15) is 23.4 Å². The lowest BCUT2D eigenvalue weighted by Gasteiger charge is -2.29. The van der Waals surface area contributed by atoms with Crippen LogP contribution in [0.4, 0.5) is 13.2 Å². The van der Waals surface area contributed by atoms with Gasteiger partial charge >= 0.3 is 6.18 Å². The number of imidazole rings is 1. The largest absolute Gasteiger partial charge is 0.406 e. The van der Waals surface area contributed by atoms with Crippen LogP contribution < -0.4 is 0 Å². The normalized spacial score (nSPS) is 20.6. The molecule has 24 heavy (non-hydrogen) atoms. The monoisotopic (exact) mass is 339 g/mol. The second-order valence-electron chi connectivity index (χ2n) is 6.45. The quantitative estimate of drug-likeness (QED) is 0.911. The van der Waals surface area contributed by atoms with Gasteiger partial charge in [0, 0.05) is 18.9 Å². The summed E-state index contributed by atoms with van der Waals surface area (Å²) >= 11 is 0. The van der Waals surface area contributed by atoms with Gasteiger partial charge in [-0.2, -0.15) is 13.2 Å². The maximum atomic E-state index is 12.6. The third-order valence-corrected chi connectivity index (χ3v) is 4.42. The molecule has 1 N–H and O–H groups in total. The van der Waals surface area contributed by atoms with Gasteiger partial charge in [-0.1, -0.05) is 24.3 Å². The van der Waals surface area contributed by atoms with E-state index in [0.717, 1.165) is 22.1 Å². The first-order valence-electron chi connectivity index (χ1n) is 7.83. The molecule has 1 heterocycles. The molecule has 1 unspecified atom stereocenters. The summed E-state index contributed by atoms with van der Waals surface area (Å²) in [7, 11) is 1.78. The smallest absolute Gasteiger partial charge is 0.384 e. The van der Waals surface area contributed by atoms with Gasteiger partial charge in [-0.05, 0) is 31.0 Å². The van der Waals surface area contributed by atoms with E-state index in [-0.39, 0.29) is 6.54 Å². The average molecular weight is 339 g/mol. The molecule has 0 saturated carbocycles. The highest BCUT2D eigenvalue weighted by Gasteiger charge is 2.37. The first-order chi connectivity index (χ1) is 11.3. The number of nitrogens with zero attached hydrogens (tertiary/aromatic N) is 3. The second-order valence-corrected chi connectivity index (χ2v) is 6.45. The van der Waals surface area contributed by atoms with Crippen molar-refractivity contribution in [3.63, 3.8) is 0 Å². The fourth-order valence-electron chi connectivity index (χ4n) is 3.41. The van der Waals surface area contributed by atoms with Gasteiger partial charge in [-0.3, -0.25) is 4.90 Å². The number of benzene rings is 1. The molecule has 4 nitrogen and oxygen atoms in total. The SMILES string of the molecule is CN(Cc1nccn1CC(F)(F)F)CC1(O)CCc2ccccc21. The second kappa shape index (κ2) is 6.22. The van der Waals surface area contributed by atoms with Gasteiger partial charge < -0.3 is 9.67 Å². The number of fused-ring (bicyclic) bond motifs is 1. The highest BCUT2D eigenvalue weighted by molar-refractivity contribution is 5.37. The van der Waals surface area contributed by atoms with Crippen LogP contribution in [0.5, 0.6) is 0 Å². The summed E-state index contributed by atoms with van der Waals surface area (Å²) in [6.07, 6.45) is -0.155. The van der Waals surface area contributed by atoms with Crippen LogP contribution in [0.2, 0.25) is 0 Å². The number of likely N-dealkylation sites (N-methyl/N-ethyl adjacent to an activating group) is 1. The van der Waals surface area contributed by atoms with Crippen LogP contribution in [0.15, 0.2) is 36.7 Å². The van der Waals surface area contributed by atoms with Crippen LogP contribution in [0.3, 0.4) is 0 Å². The zero-order valence-corrected chi connectivity index (χ0v) is 13.4. The number of alkyl halides is 3. The van der Waals surface area contributed by atoms with E-state index in [0.29, 0.717) is 18.8 Å². The number of aromatic nitrogens is 2. The Labute approximate surface area is 138 Å². The number of aliphatic hydroxyl groups is 1. The molecule has 130 valence electrons. The van der Waals surface area contributed by atoms with Crippen LogP contribution in [0.25, 0.3) is 0 Å². The Bertz CT molecular complexity index is 713. The van der Waals surface area contributed by atoms with E-state index in [2.05, 4.69) is 4.98 Å². The molecule has 1 aromatic heterocycles. The molecule has 1 aliphatic carbocycles. The Kier molecular flexibility index (Phi) is 4.40. The third kappa shape index (κ3) is 3.62. The summed E-state index contributed by atoms with van der Waals surface area (Å²) in [6, 6.07) is 7.76. The molecule has 2 aromatic rings. The molecule has 1 aromatic carbocycles. The standard InChI is InChI=1S/C17H20F3N3O/c1-22(10-15-21-8-9-23(15)12-17(18,19)20)11-16(24)7-6-13-4-2-3-5-14(13)16/h2-5,8-9,24H,6-7,10-12H2,1H3.